The molecule has 1 aliphatic rings. The number of benzene rings is 1. The van der Waals surface area contributed by atoms with Crippen LogP contribution in [0.4, 0.5) is 4.39 Å². The van der Waals surface area contributed by atoms with Crippen LogP contribution >= 0.6 is 0 Å². The van der Waals surface area contributed by atoms with E-state index in [1.165, 1.54) is 13.2 Å². The van der Waals surface area contributed by atoms with Crippen LogP contribution in [0.15, 0.2) is 18.2 Å². The summed E-state index contributed by atoms with van der Waals surface area (Å²) in [7, 11) is 1.50. The highest BCUT2D eigenvalue weighted by Crippen LogP contribution is 2.34. The molecule has 1 aromatic rings. The molecule has 0 spiro atoms. The molecule has 1 aromatic carbocycles. The third-order valence-corrected chi connectivity index (χ3v) is 3.34. The molecular weight excluding hydrogens is 221 g/mol. The Hall–Kier alpha value is -1.13. The molecule has 0 radical (unpaired) electrons. The summed E-state index contributed by atoms with van der Waals surface area (Å²) in [5.74, 6) is 0.0790. The maximum Gasteiger partial charge on any atom is 0.132 e. The van der Waals surface area contributed by atoms with Gasteiger partial charge in [0, 0.05) is 11.6 Å². The van der Waals surface area contributed by atoms with Gasteiger partial charge >= 0.3 is 0 Å². The van der Waals surface area contributed by atoms with Crippen molar-refractivity contribution in [2.75, 3.05) is 20.2 Å². The summed E-state index contributed by atoms with van der Waals surface area (Å²) in [4.78, 5) is 0. The minimum Gasteiger partial charge on any atom is -0.497 e. The number of hydrogen-bond acceptors (Lipinski definition) is 3. The number of nitrogens with one attached hydrogen (secondary N) is 1. The molecule has 1 fully saturated rings. The van der Waals surface area contributed by atoms with E-state index in [4.69, 9.17) is 4.74 Å². The van der Waals surface area contributed by atoms with Crippen molar-refractivity contribution in [2.24, 2.45) is 0 Å². The zero-order valence-corrected chi connectivity index (χ0v) is 10.0. The van der Waals surface area contributed by atoms with Crippen molar-refractivity contribution in [1.29, 1.82) is 0 Å². The molecule has 0 amide bonds. The van der Waals surface area contributed by atoms with Gasteiger partial charge in [0.1, 0.15) is 11.6 Å². The van der Waals surface area contributed by atoms with E-state index in [2.05, 4.69) is 5.32 Å². The number of ether oxygens (including phenoxy) is 1. The Kier molecular flexibility index (Phi) is 3.64. The highest BCUT2D eigenvalue weighted by Gasteiger charge is 2.32. The molecule has 1 saturated heterocycles. The fourth-order valence-electron chi connectivity index (χ4n) is 2.32. The molecule has 0 aliphatic carbocycles. The van der Waals surface area contributed by atoms with Crippen LogP contribution in [0.3, 0.4) is 0 Å². The number of methoxy groups -OCH3 is 1. The van der Waals surface area contributed by atoms with Crippen LogP contribution in [0.2, 0.25) is 0 Å². The lowest BCUT2D eigenvalue weighted by Crippen LogP contribution is -2.28. The molecule has 1 unspecified atom stereocenters. The van der Waals surface area contributed by atoms with Crippen molar-refractivity contribution in [1.82, 2.24) is 5.32 Å². The van der Waals surface area contributed by atoms with Crippen molar-refractivity contribution >= 4 is 0 Å². The Bertz CT molecular complexity index is 387. The maximum atomic E-state index is 13.9. The number of aliphatic hydroxyl groups is 1. The SMILES string of the molecule is COc1ccc(C2(O)CCCNCC2)c(F)c1. The van der Waals surface area contributed by atoms with Crippen LogP contribution in [-0.2, 0) is 5.60 Å². The molecule has 0 bridgehead atoms. The van der Waals surface area contributed by atoms with Gasteiger partial charge in [-0.05, 0) is 44.5 Å². The summed E-state index contributed by atoms with van der Waals surface area (Å²) in [5.41, 5.74) is -0.679. The van der Waals surface area contributed by atoms with E-state index in [9.17, 15) is 9.50 Å². The van der Waals surface area contributed by atoms with Crippen molar-refractivity contribution in [3.63, 3.8) is 0 Å². The van der Waals surface area contributed by atoms with Gasteiger partial charge in [0.15, 0.2) is 0 Å². The molecule has 1 atom stereocenters. The zero-order valence-electron chi connectivity index (χ0n) is 10.0. The summed E-state index contributed by atoms with van der Waals surface area (Å²) >= 11 is 0. The summed E-state index contributed by atoms with van der Waals surface area (Å²) in [6.07, 6.45) is 1.97. The van der Waals surface area contributed by atoms with Gasteiger partial charge in [-0.3, -0.25) is 0 Å². The molecule has 17 heavy (non-hydrogen) atoms. The number of hydrogen-bond donors (Lipinski definition) is 2. The first-order chi connectivity index (χ1) is 8.15. The second kappa shape index (κ2) is 5.02. The van der Waals surface area contributed by atoms with Crippen LogP contribution in [0, 0.1) is 5.82 Å². The molecular formula is C13H18FNO2. The largest absolute Gasteiger partial charge is 0.497 e. The Morgan fingerprint density at radius 3 is 2.88 bits per heavy atom. The first kappa shape index (κ1) is 12.3. The molecule has 0 aromatic heterocycles. The third-order valence-electron chi connectivity index (χ3n) is 3.34. The van der Waals surface area contributed by atoms with Crippen molar-refractivity contribution in [2.45, 2.75) is 24.9 Å². The minimum absolute atomic E-state index is 0.377. The quantitative estimate of drug-likeness (QED) is 0.827. The lowest BCUT2D eigenvalue weighted by Gasteiger charge is -2.27. The average Bonchev–Trinajstić information content (AvgIpc) is 2.54. The zero-order chi connectivity index (χ0) is 12.3. The van der Waals surface area contributed by atoms with Crippen LogP contribution in [0.25, 0.3) is 0 Å². The van der Waals surface area contributed by atoms with E-state index in [1.54, 1.807) is 12.1 Å². The number of halogens is 1. The second-order valence-electron chi connectivity index (χ2n) is 4.48. The third kappa shape index (κ3) is 2.58. The van der Waals surface area contributed by atoms with Crippen molar-refractivity contribution < 1.29 is 14.2 Å². The van der Waals surface area contributed by atoms with E-state index < -0.39 is 11.4 Å². The molecule has 4 heteroatoms. The summed E-state index contributed by atoms with van der Waals surface area (Å²) < 4.78 is 18.9. The lowest BCUT2D eigenvalue weighted by atomic mass is 9.86. The summed E-state index contributed by atoms with van der Waals surface area (Å²) in [5, 5.41) is 13.8. The molecule has 2 rings (SSSR count). The van der Waals surface area contributed by atoms with Gasteiger partial charge in [0.2, 0.25) is 0 Å². The molecule has 94 valence electrons. The minimum atomic E-state index is -1.06. The van der Waals surface area contributed by atoms with Crippen LogP contribution in [0.5, 0.6) is 5.75 Å². The van der Waals surface area contributed by atoms with E-state index in [0.717, 1.165) is 13.0 Å². The van der Waals surface area contributed by atoms with Gasteiger partial charge in [-0.25, -0.2) is 4.39 Å². The average molecular weight is 239 g/mol. The predicted octanol–water partition coefficient (Wildman–Crippen LogP) is 1.80. The normalized spacial score (nSPS) is 25.4. The van der Waals surface area contributed by atoms with Gasteiger partial charge in [-0.15, -0.1) is 0 Å². The second-order valence-corrected chi connectivity index (χ2v) is 4.48. The van der Waals surface area contributed by atoms with Crippen LogP contribution in [-0.4, -0.2) is 25.3 Å². The van der Waals surface area contributed by atoms with Gasteiger partial charge in [-0.2, -0.15) is 0 Å². The molecule has 3 nitrogen and oxygen atoms in total. The molecule has 1 heterocycles. The van der Waals surface area contributed by atoms with Crippen molar-refractivity contribution in [3.8, 4) is 5.75 Å². The van der Waals surface area contributed by atoms with Crippen molar-refractivity contribution in [3.05, 3.63) is 29.6 Å². The number of rotatable bonds is 2. The smallest absolute Gasteiger partial charge is 0.132 e. The van der Waals surface area contributed by atoms with E-state index in [1.807, 2.05) is 0 Å². The standard InChI is InChI=1S/C13H18FNO2/c1-17-10-3-4-11(12(14)9-10)13(16)5-2-7-15-8-6-13/h3-4,9,15-16H,2,5-8H2,1H3. The van der Waals surface area contributed by atoms with Gasteiger partial charge < -0.3 is 15.2 Å². The fraction of sp³-hybridized carbons (Fsp3) is 0.538. The molecule has 1 aliphatic heterocycles. The van der Waals surface area contributed by atoms with E-state index in [-0.39, 0.29) is 0 Å². The van der Waals surface area contributed by atoms with Gasteiger partial charge in [0.05, 0.1) is 12.7 Å². The highest BCUT2D eigenvalue weighted by molar-refractivity contribution is 5.32. The maximum absolute atomic E-state index is 13.9. The summed E-state index contributed by atoms with van der Waals surface area (Å²) in [6, 6.07) is 4.64. The van der Waals surface area contributed by atoms with Gasteiger partial charge in [0.25, 0.3) is 0 Å². The Labute approximate surface area is 101 Å². The topological polar surface area (TPSA) is 41.5 Å². The monoisotopic (exact) mass is 239 g/mol. The highest BCUT2D eigenvalue weighted by atomic mass is 19.1. The van der Waals surface area contributed by atoms with Crippen LogP contribution < -0.4 is 10.1 Å². The van der Waals surface area contributed by atoms with E-state index >= 15 is 0 Å². The van der Waals surface area contributed by atoms with Gasteiger partial charge in [-0.1, -0.05) is 0 Å². The van der Waals surface area contributed by atoms with Crippen LogP contribution in [0.1, 0.15) is 24.8 Å². The fourth-order valence-corrected chi connectivity index (χ4v) is 2.32. The first-order valence-electron chi connectivity index (χ1n) is 5.93. The Morgan fingerprint density at radius 1 is 1.35 bits per heavy atom. The lowest BCUT2D eigenvalue weighted by molar-refractivity contribution is 0.0205. The molecule has 2 N–H and O–H groups in total. The molecule has 0 saturated carbocycles. The Morgan fingerprint density at radius 2 is 2.18 bits per heavy atom. The summed E-state index contributed by atoms with van der Waals surface area (Å²) in [6.45, 7) is 1.59. The predicted molar refractivity (Wildman–Crippen MR) is 63.6 cm³/mol. The van der Waals surface area contributed by atoms with E-state index in [0.29, 0.717) is 30.7 Å². The Balaban J connectivity index is 2.31. The first-order valence-corrected chi connectivity index (χ1v) is 5.93.